The van der Waals surface area contributed by atoms with Gasteiger partial charge in [-0.1, -0.05) is 24.3 Å². The van der Waals surface area contributed by atoms with E-state index >= 15 is 0 Å². The lowest BCUT2D eigenvalue weighted by Crippen LogP contribution is -2.52. The average Bonchev–Trinajstić information content (AvgIpc) is 3.06. The maximum Gasteiger partial charge on any atom is 0.325 e. The van der Waals surface area contributed by atoms with Gasteiger partial charge >= 0.3 is 6.03 Å². The summed E-state index contributed by atoms with van der Waals surface area (Å²) < 4.78 is 19.2. The van der Waals surface area contributed by atoms with Crippen molar-refractivity contribution in [2.75, 3.05) is 44.7 Å². The molecule has 0 aromatic heterocycles. The highest BCUT2D eigenvalue weighted by atomic mass is 19.1. The summed E-state index contributed by atoms with van der Waals surface area (Å²) >= 11 is 0. The van der Waals surface area contributed by atoms with Crippen molar-refractivity contribution in [3.05, 3.63) is 59.9 Å². The van der Waals surface area contributed by atoms with Crippen LogP contribution in [0.4, 0.5) is 14.9 Å². The molecule has 2 aliphatic heterocycles. The molecule has 2 aromatic carbocycles. The van der Waals surface area contributed by atoms with Gasteiger partial charge in [0.05, 0.1) is 12.8 Å². The van der Waals surface area contributed by atoms with Crippen LogP contribution in [0.5, 0.6) is 5.75 Å². The van der Waals surface area contributed by atoms with Crippen molar-refractivity contribution >= 4 is 23.5 Å². The topological polar surface area (TPSA) is 82.2 Å². The number of benzene rings is 2. The summed E-state index contributed by atoms with van der Waals surface area (Å²) in [6.07, 6.45) is 1.00. The molecule has 0 bridgehead atoms. The van der Waals surface area contributed by atoms with Crippen LogP contribution in [-0.4, -0.2) is 73.0 Å². The molecule has 0 unspecified atom stereocenters. The van der Waals surface area contributed by atoms with Crippen LogP contribution in [0.15, 0.2) is 48.5 Å². The summed E-state index contributed by atoms with van der Waals surface area (Å²) in [5.74, 6) is -0.240. The fraction of sp³-hybridized carbons (Fsp3) is 0.400. The van der Waals surface area contributed by atoms with Crippen molar-refractivity contribution in [2.45, 2.75) is 25.3 Å². The van der Waals surface area contributed by atoms with Gasteiger partial charge in [0.1, 0.15) is 23.7 Å². The van der Waals surface area contributed by atoms with E-state index in [1.54, 1.807) is 37.1 Å². The van der Waals surface area contributed by atoms with E-state index in [1.807, 2.05) is 29.2 Å². The molecule has 1 atom stereocenters. The second-order valence-corrected chi connectivity index (χ2v) is 8.82. The average molecular weight is 469 g/mol. The van der Waals surface area contributed by atoms with E-state index in [2.05, 4.69) is 5.32 Å². The number of rotatable bonds is 7. The number of anilines is 1. The predicted octanol–water partition coefficient (Wildman–Crippen LogP) is 2.43. The lowest BCUT2D eigenvalue weighted by Gasteiger charge is -2.36. The number of para-hydroxylation sites is 1. The molecule has 2 aromatic rings. The maximum atomic E-state index is 14.0. The normalized spacial score (nSPS) is 20.5. The highest BCUT2D eigenvalue weighted by molar-refractivity contribution is 6.08. The van der Waals surface area contributed by atoms with E-state index < -0.39 is 17.5 Å². The zero-order valence-electron chi connectivity index (χ0n) is 19.4. The summed E-state index contributed by atoms with van der Waals surface area (Å²) in [6.45, 7) is 3.13. The number of methoxy groups -OCH3 is 1. The lowest BCUT2D eigenvalue weighted by molar-refractivity contribution is -0.139. The van der Waals surface area contributed by atoms with Crippen molar-refractivity contribution in [1.82, 2.24) is 15.1 Å². The number of urea groups is 1. The fourth-order valence-electron chi connectivity index (χ4n) is 4.39. The van der Waals surface area contributed by atoms with E-state index in [0.29, 0.717) is 44.7 Å². The van der Waals surface area contributed by atoms with Gasteiger partial charge in [-0.2, -0.15) is 0 Å². The van der Waals surface area contributed by atoms with E-state index in [9.17, 15) is 18.8 Å². The molecule has 9 heteroatoms. The van der Waals surface area contributed by atoms with Crippen molar-refractivity contribution in [3.63, 3.8) is 0 Å². The molecule has 2 heterocycles. The monoisotopic (exact) mass is 468 g/mol. The second-order valence-electron chi connectivity index (χ2n) is 8.82. The third-order valence-corrected chi connectivity index (χ3v) is 6.54. The highest BCUT2D eigenvalue weighted by Crippen LogP contribution is 2.25. The molecule has 8 nitrogen and oxygen atoms in total. The smallest absolute Gasteiger partial charge is 0.325 e. The van der Waals surface area contributed by atoms with Crippen LogP contribution in [0.25, 0.3) is 0 Å². The number of hydrogen-bond acceptors (Lipinski definition) is 5. The molecule has 180 valence electrons. The molecule has 0 radical (unpaired) electrons. The number of nitrogens with zero attached hydrogens (tertiary/aromatic N) is 3. The van der Waals surface area contributed by atoms with E-state index in [1.165, 1.54) is 6.07 Å². The first-order valence-corrected chi connectivity index (χ1v) is 11.3. The Morgan fingerprint density at radius 3 is 2.38 bits per heavy atom. The van der Waals surface area contributed by atoms with Crippen LogP contribution in [0, 0.1) is 5.82 Å². The SMILES string of the molecule is COc1ccc(CC[C@@]2(C)NC(=O)N(CC(=O)N3CCN(c4ccccc4F)CC3)C2=O)cc1. The lowest BCUT2D eigenvalue weighted by atomic mass is 9.93. The minimum Gasteiger partial charge on any atom is -0.497 e. The van der Waals surface area contributed by atoms with Crippen LogP contribution >= 0.6 is 0 Å². The van der Waals surface area contributed by atoms with E-state index in [-0.39, 0.29) is 18.3 Å². The Morgan fingerprint density at radius 2 is 1.74 bits per heavy atom. The quantitative estimate of drug-likeness (QED) is 0.632. The predicted molar refractivity (Wildman–Crippen MR) is 125 cm³/mol. The molecule has 0 aliphatic carbocycles. The van der Waals surface area contributed by atoms with E-state index in [4.69, 9.17) is 4.74 Å². The molecule has 2 fully saturated rings. The van der Waals surface area contributed by atoms with Gasteiger partial charge in [-0.3, -0.25) is 14.5 Å². The molecular weight excluding hydrogens is 439 g/mol. The first-order chi connectivity index (χ1) is 16.3. The van der Waals surface area contributed by atoms with Crippen molar-refractivity contribution in [1.29, 1.82) is 0 Å². The van der Waals surface area contributed by atoms with Crippen LogP contribution in [0.2, 0.25) is 0 Å². The van der Waals surface area contributed by atoms with Crippen LogP contribution in [-0.2, 0) is 16.0 Å². The highest BCUT2D eigenvalue weighted by Gasteiger charge is 2.48. The van der Waals surface area contributed by atoms with Crippen LogP contribution in [0.1, 0.15) is 18.9 Å². The minimum atomic E-state index is -1.07. The van der Waals surface area contributed by atoms with Gasteiger partial charge in [-0.05, 0) is 49.6 Å². The van der Waals surface area contributed by atoms with Crippen LogP contribution in [0.3, 0.4) is 0 Å². The van der Waals surface area contributed by atoms with Gasteiger partial charge in [0.2, 0.25) is 5.91 Å². The standard InChI is InChI=1S/C25H29FN4O4/c1-25(12-11-18-7-9-19(34-2)10-8-18)23(32)30(24(33)27-25)17-22(31)29-15-13-28(14-16-29)21-6-4-3-5-20(21)26/h3-10H,11-17H2,1-2H3,(H,27,33)/t25-/m1/s1. The summed E-state index contributed by atoms with van der Waals surface area (Å²) in [5, 5.41) is 2.76. The van der Waals surface area contributed by atoms with Gasteiger partial charge in [0, 0.05) is 26.2 Å². The molecule has 4 rings (SSSR count). The number of aryl methyl sites for hydroxylation is 1. The minimum absolute atomic E-state index is 0.295. The largest absolute Gasteiger partial charge is 0.497 e. The third kappa shape index (κ3) is 4.83. The van der Waals surface area contributed by atoms with Crippen molar-refractivity contribution < 1.29 is 23.5 Å². The van der Waals surface area contributed by atoms with Gasteiger partial charge in [0.15, 0.2) is 0 Å². The van der Waals surface area contributed by atoms with Crippen molar-refractivity contribution in [3.8, 4) is 5.75 Å². The summed E-state index contributed by atoms with van der Waals surface area (Å²) in [7, 11) is 1.60. The summed E-state index contributed by atoms with van der Waals surface area (Å²) in [6, 6.07) is 13.5. The first-order valence-electron chi connectivity index (χ1n) is 11.3. The third-order valence-electron chi connectivity index (χ3n) is 6.54. The summed E-state index contributed by atoms with van der Waals surface area (Å²) in [4.78, 5) is 43.0. The van der Waals surface area contributed by atoms with Crippen LogP contribution < -0.4 is 15.0 Å². The Balaban J connectivity index is 1.32. The second kappa shape index (κ2) is 9.70. The van der Waals surface area contributed by atoms with Gasteiger partial charge in [0.25, 0.3) is 5.91 Å². The Labute approximate surface area is 198 Å². The first kappa shape index (κ1) is 23.5. The Morgan fingerprint density at radius 1 is 1.06 bits per heavy atom. The fourth-order valence-corrected chi connectivity index (χ4v) is 4.39. The Bertz CT molecular complexity index is 1070. The number of ether oxygens (including phenoxy) is 1. The molecule has 2 saturated heterocycles. The van der Waals surface area contributed by atoms with Gasteiger partial charge in [-0.15, -0.1) is 0 Å². The van der Waals surface area contributed by atoms with Crippen molar-refractivity contribution in [2.24, 2.45) is 0 Å². The molecule has 0 saturated carbocycles. The number of nitrogens with one attached hydrogen (secondary N) is 1. The molecule has 0 spiro atoms. The van der Waals surface area contributed by atoms with Gasteiger partial charge in [-0.25, -0.2) is 9.18 Å². The number of piperazine rings is 1. The Kier molecular flexibility index (Phi) is 6.72. The molecule has 4 amide bonds. The molecule has 2 aliphatic rings. The maximum absolute atomic E-state index is 14.0. The summed E-state index contributed by atoms with van der Waals surface area (Å²) in [5.41, 5.74) is 0.462. The molecule has 1 N–H and O–H groups in total. The van der Waals surface area contributed by atoms with Gasteiger partial charge < -0.3 is 19.9 Å². The zero-order chi connectivity index (χ0) is 24.3. The number of imide groups is 1. The molecular formula is C25H29FN4O4. The van der Waals surface area contributed by atoms with E-state index in [0.717, 1.165) is 16.2 Å². The number of carbonyl (C=O) groups is 3. The Hall–Kier alpha value is -3.62. The zero-order valence-corrected chi connectivity index (χ0v) is 19.4. The number of carbonyl (C=O) groups excluding carboxylic acids is 3. The number of halogens is 1. The number of hydrogen-bond donors (Lipinski definition) is 1. The number of amides is 4. The molecule has 34 heavy (non-hydrogen) atoms.